The number of likely N-dealkylation sites (tertiary alicyclic amines) is 1. The average Bonchev–Trinajstić information content (AvgIpc) is 4.03. The molecule has 6 rings (SSSR count). The lowest BCUT2D eigenvalue weighted by Crippen LogP contribution is -2.49. The van der Waals surface area contributed by atoms with Crippen molar-refractivity contribution in [1.82, 2.24) is 19.9 Å². The van der Waals surface area contributed by atoms with Crippen molar-refractivity contribution < 1.29 is 19.1 Å². The normalized spacial score (nSPS) is 17.4. The molecule has 11 heteroatoms. The van der Waals surface area contributed by atoms with Gasteiger partial charge in [0, 0.05) is 41.6 Å². The largest absolute Gasteiger partial charge is 0.369 e. The number of halogens is 1. The van der Waals surface area contributed by atoms with E-state index in [1.165, 1.54) is 24.8 Å². The number of pyridine rings is 1. The number of allylic oxidation sites excluding steroid dienone is 1. The van der Waals surface area contributed by atoms with Gasteiger partial charge in [0.2, 0.25) is 12.3 Å². The summed E-state index contributed by atoms with van der Waals surface area (Å²) < 4.78 is 8.17. The van der Waals surface area contributed by atoms with Gasteiger partial charge in [-0.1, -0.05) is 54.1 Å². The standard InChI is InChI=1S/C17H28N2O3.C15H10ClNO.C4H7NOS/c1-3-4-5-6-12-22-13(2)17(21)19-11-7-8-15(19)16(20)18-14-9-10-14;16-12-8-4-7-11-14(18)9-13(17-15(11)12)10-5-2-1-3-6-10;6-3-5-7-4-1-2-4/h3,13-15H,1,4-12H2,2H3,(H,18,20);1-9H,(H,17,18);3-4H,1-2H2,(H,5,6)/t13-,15?;;/m1../s1. The summed E-state index contributed by atoms with van der Waals surface area (Å²) in [5, 5.41) is 4.90. The van der Waals surface area contributed by atoms with Crippen LogP contribution >= 0.6 is 23.5 Å². The van der Waals surface area contributed by atoms with E-state index in [9.17, 15) is 19.2 Å². The number of hydrogen-bond acceptors (Lipinski definition) is 6. The van der Waals surface area contributed by atoms with Crippen molar-refractivity contribution in [2.75, 3.05) is 13.2 Å². The van der Waals surface area contributed by atoms with Gasteiger partial charge in [0.1, 0.15) is 12.1 Å². The van der Waals surface area contributed by atoms with Crippen LogP contribution in [0.2, 0.25) is 5.02 Å². The van der Waals surface area contributed by atoms with Gasteiger partial charge < -0.3 is 24.7 Å². The van der Waals surface area contributed by atoms with E-state index in [1.807, 2.05) is 36.4 Å². The van der Waals surface area contributed by atoms with Gasteiger partial charge in [0.15, 0.2) is 5.43 Å². The monoisotopic (exact) mass is 680 g/mol. The molecule has 0 bridgehead atoms. The summed E-state index contributed by atoms with van der Waals surface area (Å²) in [5.41, 5.74) is 2.41. The number of carbonyl (C=O) groups is 3. The Morgan fingerprint density at radius 3 is 2.55 bits per heavy atom. The van der Waals surface area contributed by atoms with Crippen LogP contribution in [0, 0.1) is 0 Å². The van der Waals surface area contributed by atoms with E-state index in [4.69, 9.17) is 16.3 Å². The van der Waals surface area contributed by atoms with Gasteiger partial charge in [-0.05, 0) is 94.4 Å². The molecule has 252 valence electrons. The molecule has 2 aromatic carbocycles. The van der Waals surface area contributed by atoms with Gasteiger partial charge in [-0.2, -0.15) is 0 Å². The molecule has 1 aromatic heterocycles. The second-order valence-corrected chi connectivity index (χ2v) is 13.4. The SMILES string of the molecule is C=CCCCCO[C@H](C)C(=O)N1CCCC1C(=O)NC1CC1.O=CNSC1CC1.O=c1cc(-c2ccccc2)[nH]c2c(Cl)cccc12. The Morgan fingerprint density at radius 1 is 1.11 bits per heavy atom. The Balaban J connectivity index is 0.000000178. The van der Waals surface area contributed by atoms with Crippen LogP contribution in [0.3, 0.4) is 0 Å². The van der Waals surface area contributed by atoms with E-state index in [2.05, 4.69) is 21.6 Å². The van der Waals surface area contributed by atoms with Gasteiger partial charge in [-0.25, -0.2) is 0 Å². The van der Waals surface area contributed by atoms with Gasteiger partial charge >= 0.3 is 0 Å². The van der Waals surface area contributed by atoms with Crippen LogP contribution in [0.25, 0.3) is 22.2 Å². The first kappa shape index (κ1) is 36.2. The number of ether oxygens (including phenoxy) is 1. The van der Waals surface area contributed by atoms with E-state index < -0.39 is 6.10 Å². The predicted octanol–water partition coefficient (Wildman–Crippen LogP) is 6.41. The summed E-state index contributed by atoms with van der Waals surface area (Å²) >= 11 is 7.64. The molecule has 3 amide bonds. The molecule has 9 nitrogen and oxygen atoms in total. The number of carbonyl (C=O) groups excluding carboxylic acids is 3. The van der Waals surface area contributed by atoms with E-state index >= 15 is 0 Å². The highest BCUT2D eigenvalue weighted by atomic mass is 35.5. The maximum atomic E-state index is 12.5. The van der Waals surface area contributed by atoms with Crippen LogP contribution in [-0.4, -0.2) is 64.7 Å². The molecule has 0 spiro atoms. The van der Waals surface area contributed by atoms with Crippen LogP contribution in [0.1, 0.15) is 64.7 Å². The quantitative estimate of drug-likeness (QED) is 0.0831. The number of rotatable bonds is 13. The Bertz CT molecular complexity index is 1540. The Morgan fingerprint density at radius 2 is 1.87 bits per heavy atom. The molecule has 3 aliphatic rings. The van der Waals surface area contributed by atoms with Crippen LogP contribution in [-0.2, 0) is 19.1 Å². The van der Waals surface area contributed by atoms with Gasteiger partial charge in [0.25, 0.3) is 5.91 Å². The highest BCUT2D eigenvalue weighted by molar-refractivity contribution is 7.98. The van der Waals surface area contributed by atoms with Crippen molar-refractivity contribution in [3.63, 3.8) is 0 Å². The number of amides is 3. The zero-order valence-electron chi connectivity index (χ0n) is 26.9. The molecule has 1 aliphatic heterocycles. The molecule has 2 aliphatic carbocycles. The number of fused-ring (bicyclic) bond motifs is 1. The fourth-order valence-corrected chi connectivity index (χ4v) is 5.94. The number of nitrogens with zero attached hydrogens (tertiary/aromatic N) is 1. The van der Waals surface area contributed by atoms with Crippen molar-refractivity contribution in [1.29, 1.82) is 0 Å². The molecule has 0 radical (unpaired) electrons. The number of aromatic amines is 1. The smallest absolute Gasteiger partial charge is 0.252 e. The maximum absolute atomic E-state index is 12.5. The zero-order chi connectivity index (χ0) is 33.6. The zero-order valence-corrected chi connectivity index (χ0v) is 28.5. The number of unbranched alkanes of at least 4 members (excludes halogenated alkanes) is 2. The van der Waals surface area contributed by atoms with Crippen molar-refractivity contribution in [3.05, 3.63) is 82.5 Å². The molecule has 47 heavy (non-hydrogen) atoms. The van der Waals surface area contributed by atoms with Crippen LogP contribution < -0.4 is 15.5 Å². The predicted molar refractivity (Wildman–Crippen MR) is 190 cm³/mol. The Kier molecular flexibility index (Phi) is 14.4. The van der Waals surface area contributed by atoms with Gasteiger partial charge in [0.05, 0.1) is 10.5 Å². The summed E-state index contributed by atoms with van der Waals surface area (Å²) in [5.74, 6) is -0.0521. The molecule has 1 unspecified atom stereocenters. The number of H-pyrrole nitrogens is 1. The molecule has 2 atom stereocenters. The minimum absolute atomic E-state index is 0.00605. The number of para-hydroxylation sites is 1. The third-order valence-electron chi connectivity index (χ3n) is 7.99. The van der Waals surface area contributed by atoms with Crippen LogP contribution in [0.5, 0.6) is 0 Å². The Labute approximate surface area is 286 Å². The summed E-state index contributed by atoms with van der Waals surface area (Å²) in [4.78, 5) is 51.3. The van der Waals surface area contributed by atoms with E-state index in [0.717, 1.165) is 67.9 Å². The number of hydrogen-bond donors (Lipinski definition) is 3. The topological polar surface area (TPSA) is 121 Å². The molecule has 3 aromatic rings. The van der Waals surface area contributed by atoms with E-state index in [1.54, 1.807) is 36.1 Å². The minimum Gasteiger partial charge on any atom is -0.369 e. The van der Waals surface area contributed by atoms with E-state index in [-0.39, 0.29) is 23.3 Å². The first-order valence-electron chi connectivity index (χ1n) is 16.4. The molecule has 2 saturated carbocycles. The van der Waals surface area contributed by atoms with Gasteiger partial charge in [-0.3, -0.25) is 19.2 Å². The third-order valence-corrected chi connectivity index (χ3v) is 9.34. The van der Waals surface area contributed by atoms with Crippen LogP contribution in [0.4, 0.5) is 0 Å². The van der Waals surface area contributed by atoms with Gasteiger partial charge in [-0.15, -0.1) is 6.58 Å². The molecule has 1 saturated heterocycles. The average molecular weight is 681 g/mol. The second-order valence-electron chi connectivity index (χ2n) is 11.9. The minimum atomic E-state index is -0.474. The summed E-state index contributed by atoms with van der Waals surface area (Å²) in [6.07, 6.45) is 11.4. The lowest BCUT2D eigenvalue weighted by molar-refractivity contribution is -0.147. The number of nitrogens with one attached hydrogen (secondary N) is 3. The van der Waals surface area contributed by atoms with Crippen molar-refractivity contribution in [2.45, 2.75) is 88.1 Å². The first-order chi connectivity index (χ1) is 22.8. The highest BCUT2D eigenvalue weighted by Gasteiger charge is 2.38. The highest BCUT2D eigenvalue weighted by Crippen LogP contribution is 2.31. The summed E-state index contributed by atoms with van der Waals surface area (Å²) in [6.45, 7) is 6.70. The molecular formula is C36H45ClN4O5S. The fourth-order valence-electron chi connectivity index (χ4n) is 5.10. The summed E-state index contributed by atoms with van der Waals surface area (Å²) in [7, 11) is 0. The maximum Gasteiger partial charge on any atom is 0.252 e. The lowest BCUT2D eigenvalue weighted by atomic mass is 10.1. The Hall–Kier alpha value is -3.60. The van der Waals surface area contributed by atoms with Crippen molar-refractivity contribution in [3.8, 4) is 11.3 Å². The molecular weight excluding hydrogens is 636 g/mol. The molecule has 3 fully saturated rings. The lowest BCUT2D eigenvalue weighted by Gasteiger charge is -2.26. The van der Waals surface area contributed by atoms with Crippen molar-refractivity contribution in [2.24, 2.45) is 0 Å². The molecule has 2 heterocycles. The first-order valence-corrected chi connectivity index (χ1v) is 17.6. The number of benzene rings is 2. The third kappa shape index (κ3) is 11.6. The molecule has 3 N–H and O–H groups in total. The fraction of sp³-hybridized carbons (Fsp3) is 0.444. The summed E-state index contributed by atoms with van der Waals surface area (Å²) in [6, 6.07) is 16.7. The number of aromatic nitrogens is 1. The second kappa shape index (κ2) is 18.7. The van der Waals surface area contributed by atoms with Crippen LogP contribution in [0.15, 0.2) is 72.0 Å². The van der Waals surface area contributed by atoms with Crippen molar-refractivity contribution >= 4 is 52.7 Å². The van der Waals surface area contributed by atoms with E-state index in [0.29, 0.717) is 35.1 Å².